The Morgan fingerprint density at radius 3 is 2.92 bits per heavy atom. The Morgan fingerprint density at radius 1 is 1.38 bits per heavy atom. The van der Waals surface area contributed by atoms with Gasteiger partial charge in [0.1, 0.15) is 23.7 Å². The van der Waals surface area contributed by atoms with Crippen LogP contribution in [0.4, 0.5) is 4.39 Å². The van der Waals surface area contributed by atoms with Gasteiger partial charge in [0.15, 0.2) is 6.61 Å². The molecule has 3 rings (SSSR count). The second-order valence-corrected chi connectivity index (χ2v) is 5.97. The lowest BCUT2D eigenvalue weighted by Gasteiger charge is -2.17. The van der Waals surface area contributed by atoms with Gasteiger partial charge in [0.05, 0.1) is 0 Å². The molecule has 0 N–H and O–H groups in total. The largest absolute Gasteiger partial charge is 0.484 e. The molecule has 1 aliphatic heterocycles. The Morgan fingerprint density at radius 2 is 2.17 bits per heavy atom. The molecule has 1 saturated heterocycles. The number of amides is 1. The number of ether oxygens (including phenoxy) is 1. The van der Waals surface area contributed by atoms with E-state index in [9.17, 15) is 9.18 Å². The first-order valence-electron chi connectivity index (χ1n) is 8.18. The van der Waals surface area contributed by atoms with Crippen molar-refractivity contribution in [1.29, 1.82) is 0 Å². The minimum absolute atomic E-state index is 0.0243. The maximum Gasteiger partial charge on any atom is 0.260 e. The molecule has 128 valence electrons. The van der Waals surface area contributed by atoms with E-state index in [1.807, 2.05) is 9.47 Å². The summed E-state index contributed by atoms with van der Waals surface area (Å²) in [5.74, 6) is 1.50. The maximum atomic E-state index is 12.8. The SMILES string of the molecule is CCn1cnnc1CC1CCN(C(=O)COc2ccc(F)cc2)C1. The van der Waals surface area contributed by atoms with Crippen molar-refractivity contribution in [1.82, 2.24) is 19.7 Å². The number of hydrogen-bond donors (Lipinski definition) is 0. The molecule has 1 aromatic carbocycles. The number of nitrogens with zero attached hydrogens (tertiary/aromatic N) is 4. The summed E-state index contributed by atoms with van der Waals surface area (Å²) < 4.78 is 20.3. The fourth-order valence-electron chi connectivity index (χ4n) is 2.95. The van der Waals surface area contributed by atoms with Crippen LogP contribution >= 0.6 is 0 Å². The van der Waals surface area contributed by atoms with Crippen LogP contribution < -0.4 is 4.74 Å². The van der Waals surface area contributed by atoms with E-state index in [0.717, 1.165) is 31.8 Å². The van der Waals surface area contributed by atoms with Gasteiger partial charge in [-0.1, -0.05) is 0 Å². The third-order valence-corrected chi connectivity index (χ3v) is 4.32. The highest BCUT2D eigenvalue weighted by Gasteiger charge is 2.27. The molecule has 0 bridgehead atoms. The molecule has 1 amide bonds. The third-order valence-electron chi connectivity index (χ3n) is 4.32. The van der Waals surface area contributed by atoms with Gasteiger partial charge in [-0.25, -0.2) is 4.39 Å². The number of halogens is 1. The van der Waals surface area contributed by atoms with Crippen molar-refractivity contribution in [3.05, 3.63) is 42.2 Å². The molecule has 1 aliphatic rings. The van der Waals surface area contributed by atoms with E-state index in [4.69, 9.17) is 4.74 Å². The predicted molar refractivity (Wildman–Crippen MR) is 86.0 cm³/mol. The second kappa shape index (κ2) is 7.42. The number of aryl methyl sites for hydroxylation is 1. The molecule has 0 spiro atoms. The van der Waals surface area contributed by atoms with Crippen LogP contribution in [0.15, 0.2) is 30.6 Å². The molecule has 0 radical (unpaired) electrons. The first kappa shape index (κ1) is 16.4. The number of hydrogen-bond acceptors (Lipinski definition) is 4. The standard InChI is InChI=1S/C17H21FN4O2/c1-2-21-12-19-20-16(21)9-13-7-8-22(10-13)17(23)11-24-15-5-3-14(18)4-6-15/h3-6,12-13H,2,7-11H2,1H3. The zero-order valence-electron chi connectivity index (χ0n) is 13.7. The van der Waals surface area contributed by atoms with Crippen molar-refractivity contribution in [3.63, 3.8) is 0 Å². The zero-order valence-corrected chi connectivity index (χ0v) is 13.7. The number of rotatable bonds is 6. The van der Waals surface area contributed by atoms with Crippen LogP contribution in [0.3, 0.4) is 0 Å². The summed E-state index contributed by atoms with van der Waals surface area (Å²) in [4.78, 5) is 14.1. The van der Waals surface area contributed by atoms with Gasteiger partial charge < -0.3 is 14.2 Å². The van der Waals surface area contributed by atoms with Crippen LogP contribution in [0.2, 0.25) is 0 Å². The van der Waals surface area contributed by atoms with Crippen molar-refractivity contribution in [2.24, 2.45) is 5.92 Å². The molecule has 24 heavy (non-hydrogen) atoms. The average molecular weight is 332 g/mol. The van der Waals surface area contributed by atoms with Gasteiger partial charge >= 0.3 is 0 Å². The van der Waals surface area contributed by atoms with Crippen molar-refractivity contribution >= 4 is 5.91 Å². The first-order chi connectivity index (χ1) is 11.7. The zero-order chi connectivity index (χ0) is 16.9. The predicted octanol–water partition coefficient (Wildman–Crippen LogP) is 1.91. The van der Waals surface area contributed by atoms with Crippen LogP contribution in [0, 0.1) is 11.7 Å². The Bertz CT molecular complexity index is 686. The highest BCUT2D eigenvalue weighted by molar-refractivity contribution is 5.78. The van der Waals surface area contributed by atoms with E-state index in [2.05, 4.69) is 17.1 Å². The molecular formula is C17H21FN4O2. The minimum atomic E-state index is -0.323. The summed E-state index contributed by atoms with van der Waals surface area (Å²) in [5.41, 5.74) is 0. The molecule has 1 fully saturated rings. The summed E-state index contributed by atoms with van der Waals surface area (Å²) in [6.07, 6.45) is 3.53. The lowest BCUT2D eigenvalue weighted by molar-refractivity contribution is -0.132. The molecule has 0 aliphatic carbocycles. The molecule has 1 unspecified atom stereocenters. The molecule has 6 nitrogen and oxygen atoms in total. The summed E-state index contributed by atoms with van der Waals surface area (Å²) >= 11 is 0. The fourth-order valence-corrected chi connectivity index (χ4v) is 2.95. The van der Waals surface area contributed by atoms with E-state index in [1.54, 1.807) is 6.33 Å². The average Bonchev–Trinajstić information content (AvgIpc) is 3.23. The Hall–Kier alpha value is -2.44. The van der Waals surface area contributed by atoms with Gasteiger partial charge in [-0.2, -0.15) is 0 Å². The Labute approximate surface area is 140 Å². The van der Waals surface area contributed by atoms with Crippen molar-refractivity contribution in [3.8, 4) is 5.75 Å². The maximum absolute atomic E-state index is 12.8. The first-order valence-corrected chi connectivity index (χ1v) is 8.18. The highest BCUT2D eigenvalue weighted by Crippen LogP contribution is 2.20. The lowest BCUT2D eigenvalue weighted by Crippen LogP contribution is -2.33. The number of benzene rings is 1. The summed E-state index contributed by atoms with van der Waals surface area (Å²) in [6.45, 7) is 4.33. The molecule has 1 aromatic heterocycles. The quantitative estimate of drug-likeness (QED) is 0.811. The second-order valence-electron chi connectivity index (χ2n) is 5.97. The Kier molecular flexibility index (Phi) is 5.08. The normalized spacial score (nSPS) is 17.2. The van der Waals surface area contributed by atoms with Gasteiger partial charge in [-0.3, -0.25) is 4.79 Å². The fraction of sp³-hybridized carbons (Fsp3) is 0.471. The third kappa shape index (κ3) is 3.90. The molecule has 2 heterocycles. The number of aromatic nitrogens is 3. The van der Waals surface area contributed by atoms with Gasteiger partial charge in [-0.05, 0) is 43.5 Å². The number of likely N-dealkylation sites (tertiary alicyclic amines) is 1. The summed E-state index contributed by atoms with van der Waals surface area (Å²) in [5, 5.41) is 8.10. The Balaban J connectivity index is 1.48. The summed E-state index contributed by atoms with van der Waals surface area (Å²) in [6, 6.07) is 5.67. The lowest BCUT2D eigenvalue weighted by atomic mass is 10.0. The van der Waals surface area contributed by atoms with E-state index in [0.29, 0.717) is 18.2 Å². The van der Waals surface area contributed by atoms with Crippen LogP contribution in [-0.2, 0) is 17.8 Å². The van der Waals surface area contributed by atoms with Gasteiger partial charge in [0, 0.05) is 26.1 Å². The molecule has 7 heteroatoms. The van der Waals surface area contributed by atoms with E-state index in [-0.39, 0.29) is 18.3 Å². The van der Waals surface area contributed by atoms with Crippen molar-refractivity contribution in [2.75, 3.05) is 19.7 Å². The molecule has 0 saturated carbocycles. The van der Waals surface area contributed by atoms with Crippen LogP contribution in [0.25, 0.3) is 0 Å². The highest BCUT2D eigenvalue weighted by atomic mass is 19.1. The van der Waals surface area contributed by atoms with Crippen LogP contribution in [0.5, 0.6) is 5.75 Å². The topological polar surface area (TPSA) is 60.2 Å². The number of carbonyl (C=O) groups is 1. The van der Waals surface area contributed by atoms with Crippen molar-refractivity contribution in [2.45, 2.75) is 26.3 Å². The van der Waals surface area contributed by atoms with Gasteiger partial charge in [-0.15, -0.1) is 10.2 Å². The van der Waals surface area contributed by atoms with E-state index in [1.165, 1.54) is 24.3 Å². The monoisotopic (exact) mass is 332 g/mol. The molecular weight excluding hydrogens is 311 g/mol. The minimum Gasteiger partial charge on any atom is -0.484 e. The number of carbonyl (C=O) groups excluding carboxylic acids is 1. The molecule has 2 aromatic rings. The van der Waals surface area contributed by atoms with Crippen LogP contribution in [-0.4, -0.2) is 45.3 Å². The van der Waals surface area contributed by atoms with E-state index < -0.39 is 0 Å². The van der Waals surface area contributed by atoms with Crippen molar-refractivity contribution < 1.29 is 13.9 Å². The van der Waals surface area contributed by atoms with Crippen LogP contribution in [0.1, 0.15) is 19.2 Å². The van der Waals surface area contributed by atoms with Gasteiger partial charge in [0.2, 0.25) is 0 Å². The summed E-state index contributed by atoms with van der Waals surface area (Å²) in [7, 11) is 0. The van der Waals surface area contributed by atoms with Gasteiger partial charge in [0.25, 0.3) is 5.91 Å². The molecule has 1 atom stereocenters. The van der Waals surface area contributed by atoms with E-state index >= 15 is 0 Å². The smallest absolute Gasteiger partial charge is 0.260 e.